The van der Waals surface area contributed by atoms with E-state index in [-0.39, 0.29) is 11.8 Å². The first-order valence-electron chi connectivity index (χ1n) is 11.2. The number of pyridine rings is 1. The zero-order valence-electron chi connectivity index (χ0n) is 17.9. The van der Waals surface area contributed by atoms with Crippen molar-refractivity contribution < 1.29 is 9.59 Å². The Morgan fingerprint density at radius 1 is 0.935 bits per heavy atom. The summed E-state index contributed by atoms with van der Waals surface area (Å²) in [5.41, 5.74) is 3.78. The van der Waals surface area contributed by atoms with E-state index in [1.165, 1.54) is 6.42 Å². The fourth-order valence-electron chi connectivity index (χ4n) is 4.65. The topological polar surface area (TPSA) is 80.1 Å². The van der Waals surface area contributed by atoms with Crippen molar-refractivity contribution in [1.82, 2.24) is 19.4 Å². The minimum Gasteiger partial charge on any atom is -0.339 e. The average Bonchev–Trinajstić information content (AvgIpc) is 3.36. The number of anilines is 1. The third kappa shape index (κ3) is 3.69. The Kier molecular flexibility index (Phi) is 5.18. The maximum atomic E-state index is 13.3. The molecular formula is C24H27N5O2. The smallest absolute Gasteiger partial charge is 0.258 e. The van der Waals surface area contributed by atoms with Crippen molar-refractivity contribution in [3.05, 3.63) is 53.0 Å². The van der Waals surface area contributed by atoms with Gasteiger partial charge in [0.05, 0.1) is 16.8 Å². The van der Waals surface area contributed by atoms with E-state index in [4.69, 9.17) is 9.97 Å². The van der Waals surface area contributed by atoms with Crippen LogP contribution in [0.3, 0.4) is 0 Å². The van der Waals surface area contributed by atoms with Gasteiger partial charge in [-0.15, -0.1) is 0 Å². The Hall–Kier alpha value is -3.22. The number of fused-ring (bicyclic) bond motifs is 3. The number of nitrogens with zero attached hydrogens (tertiary/aromatic N) is 4. The molecule has 2 amide bonds. The number of carbonyl (C=O) groups excluding carboxylic acids is 2. The van der Waals surface area contributed by atoms with Crippen molar-refractivity contribution in [3.8, 4) is 0 Å². The highest BCUT2D eigenvalue weighted by atomic mass is 16.2. The zero-order chi connectivity index (χ0) is 21.4. The highest BCUT2D eigenvalue weighted by Crippen LogP contribution is 2.26. The highest BCUT2D eigenvalue weighted by molar-refractivity contribution is 6.13. The molecule has 7 nitrogen and oxygen atoms in total. The molecule has 4 heterocycles. The monoisotopic (exact) mass is 417 g/mol. The van der Waals surface area contributed by atoms with Crippen molar-refractivity contribution in [1.29, 1.82) is 0 Å². The lowest BCUT2D eigenvalue weighted by atomic mass is 10.1. The van der Waals surface area contributed by atoms with Crippen molar-refractivity contribution in [2.75, 3.05) is 18.4 Å². The Morgan fingerprint density at radius 3 is 2.55 bits per heavy atom. The minimum absolute atomic E-state index is 0.0295. The number of nitrogens with one attached hydrogen (secondary N) is 1. The fourth-order valence-corrected chi connectivity index (χ4v) is 4.65. The SMILES string of the molecule is Cc1cc(C(=O)Nc2ccccc2C(=O)N2CCCC2)c2nc3n(c2n1)CCCCC3. The third-order valence-electron chi connectivity index (χ3n) is 6.24. The van der Waals surface area contributed by atoms with Gasteiger partial charge in [-0.25, -0.2) is 9.97 Å². The molecule has 0 spiro atoms. The van der Waals surface area contributed by atoms with Gasteiger partial charge in [0.2, 0.25) is 0 Å². The predicted octanol–water partition coefficient (Wildman–Crippen LogP) is 3.95. The number of likely N-dealkylation sites (tertiary alicyclic amines) is 1. The predicted molar refractivity (Wildman–Crippen MR) is 119 cm³/mol. The maximum absolute atomic E-state index is 13.3. The number of para-hydroxylation sites is 1. The molecule has 2 aromatic heterocycles. The van der Waals surface area contributed by atoms with E-state index in [0.717, 1.165) is 68.9 Å². The lowest BCUT2D eigenvalue weighted by Gasteiger charge is -2.18. The van der Waals surface area contributed by atoms with Gasteiger partial charge in [0, 0.05) is 31.7 Å². The molecule has 1 N–H and O–H groups in total. The van der Waals surface area contributed by atoms with Gasteiger partial charge in [-0.1, -0.05) is 18.6 Å². The second-order valence-corrected chi connectivity index (χ2v) is 8.47. The number of rotatable bonds is 3. The molecule has 0 radical (unpaired) electrons. The van der Waals surface area contributed by atoms with Gasteiger partial charge in [0.25, 0.3) is 11.8 Å². The molecule has 1 saturated heterocycles. The van der Waals surface area contributed by atoms with Crippen LogP contribution in [0, 0.1) is 6.92 Å². The van der Waals surface area contributed by atoms with Crippen LogP contribution < -0.4 is 5.32 Å². The summed E-state index contributed by atoms with van der Waals surface area (Å²) in [7, 11) is 0. The Labute approximate surface area is 181 Å². The molecule has 3 aromatic rings. The second-order valence-electron chi connectivity index (χ2n) is 8.47. The standard InChI is InChI=1S/C24H27N5O2/c1-16-15-18(21-22(25-16)29-14-6-2-3-11-20(29)27-21)23(30)26-19-10-5-4-9-17(19)24(31)28-12-7-8-13-28/h4-5,9-10,15H,2-3,6-8,11-14H2,1H3,(H,26,30). The number of amides is 2. The highest BCUT2D eigenvalue weighted by Gasteiger charge is 2.24. The van der Waals surface area contributed by atoms with Crippen molar-refractivity contribution in [2.24, 2.45) is 0 Å². The summed E-state index contributed by atoms with van der Waals surface area (Å²) in [5, 5.41) is 2.98. The minimum atomic E-state index is -0.259. The van der Waals surface area contributed by atoms with E-state index in [2.05, 4.69) is 9.88 Å². The first-order valence-corrected chi connectivity index (χ1v) is 11.2. The van der Waals surface area contributed by atoms with E-state index in [0.29, 0.717) is 22.3 Å². The van der Waals surface area contributed by atoms with Crippen LogP contribution in [0.5, 0.6) is 0 Å². The molecule has 0 saturated carbocycles. The van der Waals surface area contributed by atoms with Crippen LogP contribution in [0.25, 0.3) is 11.2 Å². The lowest BCUT2D eigenvalue weighted by molar-refractivity contribution is 0.0794. The van der Waals surface area contributed by atoms with Crippen molar-refractivity contribution in [3.63, 3.8) is 0 Å². The fraction of sp³-hybridized carbons (Fsp3) is 0.417. The maximum Gasteiger partial charge on any atom is 0.258 e. The Morgan fingerprint density at radius 2 is 1.71 bits per heavy atom. The molecule has 2 aliphatic heterocycles. The lowest BCUT2D eigenvalue weighted by Crippen LogP contribution is -2.28. The first kappa shape index (κ1) is 19.7. The van der Waals surface area contributed by atoms with E-state index >= 15 is 0 Å². The van der Waals surface area contributed by atoms with Gasteiger partial charge in [0.1, 0.15) is 11.3 Å². The molecule has 0 unspecified atom stereocenters. The number of aryl methyl sites for hydroxylation is 3. The summed E-state index contributed by atoms with van der Waals surface area (Å²) >= 11 is 0. The molecule has 1 fully saturated rings. The third-order valence-corrected chi connectivity index (χ3v) is 6.24. The summed E-state index contributed by atoms with van der Waals surface area (Å²) in [6.45, 7) is 4.32. The summed E-state index contributed by atoms with van der Waals surface area (Å²) < 4.78 is 2.16. The molecule has 0 bridgehead atoms. The summed E-state index contributed by atoms with van der Waals surface area (Å²) in [6.07, 6.45) is 6.35. The van der Waals surface area contributed by atoms with E-state index in [1.54, 1.807) is 18.2 Å². The van der Waals surface area contributed by atoms with Crippen molar-refractivity contribution in [2.45, 2.75) is 52.0 Å². The van der Waals surface area contributed by atoms with Crippen LogP contribution in [0.2, 0.25) is 0 Å². The quantitative estimate of drug-likeness (QED) is 0.700. The molecule has 0 atom stereocenters. The van der Waals surface area contributed by atoms with Crippen LogP contribution in [0.4, 0.5) is 5.69 Å². The second kappa shape index (κ2) is 8.13. The average molecular weight is 418 g/mol. The number of imidazole rings is 1. The van der Waals surface area contributed by atoms with Crippen LogP contribution in [-0.2, 0) is 13.0 Å². The Balaban J connectivity index is 1.50. The number of hydrogen-bond donors (Lipinski definition) is 1. The molecule has 2 aliphatic rings. The van der Waals surface area contributed by atoms with Crippen LogP contribution in [0.15, 0.2) is 30.3 Å². The molecule has 0 aliphatic carbocycles. The van der Waals surface area contributed by atoms with E-state index in [1.807, 2.05) is 24.0 Å². The van der Waals surface area contributed by atoms with Gasteiger partial charge in [-0.05, 0) is 50.8 Å². The van der Waals surface area contributed by atoms with E-state index < -0.39 is 0 Å². The van der Waals surface area contributed by atoms with Gasteiger partial charge >= 0.3 is 0 Å². The van der Waals surface area contributed by atoms with Crippen LogP contribution >= 0.6 is 0 Å². The normalized spacial score (nSPS) is 16.2. The number of hydrogen-bond acceptors (Lipinski definition) is 4. The molecular weight excluding hydrogens is 390 g/mol. The molecule has 1 aromatic carbocycles. The van der Waals surface area contributed by atoms with Gasteiger partial charge in [-0.3, -0.25) is 9.59 Å². The van der Waals surface area contributed by atoms with Gasteiger partial charge in [-0.2, -0.15) is 0 Å². The molecule has 7 heteroatoms. The van der Waals surface area contributed by atoms with Crippen LogP contribution in [0.1, 0.15) is 64.3 Å². The zero-order valence-corrected chi connectivity index (χ0v) is 17.9. The van der Waals surface area contributed by atoms with Gasteiger partial charge in [0.15, 0.2) is 5.65 Å². The summed E-state index contributed by atoms with van der Waals surface area (Å²) in [5.74, 6) is 0.716. The van der Waals surface area contributed by atoms with Gasteiger partial charge < -0.3 is 14.8 Å². The summed E-state index contributed by atoms with van der Waals surface area (Å²) in [4.78, 5) is 37.7. The van der Waals surface area contributed by atoms with Crippen molar-refractivity contribution >= 4 is 28.7 Å². The van der Waals surface area contributed by atoms with E-state index in [9.17, 15) is 9.59 Å². The molecule has 160 valence electrons. The largest absolute Gasteiger partial charge is 0.339 e. The number of carbonyl (C=O) groups is 2. The summed E-state index contributed by atoms with van der Waals surface area (Å²) in [6, 6.07) is 9.02. The first-order chi connectivity index (χ1) is 15.1. The van der Waals surface area contributed by atoms with Crippen LogP contribution in [-0.4, -0.2) is 44.3 Å². The number of benzene rings is 1. The number of aromatic nitrogens is 3. The Bertz CT molecular complexity index is 1160. The molecule has 31 heavy (non-hydrogen) atoms. The molecule has 5 rings (SSSR count).